The van der Waals surface area contributed by atoms with Gasteiger partial charge in [0.25, 0.3) is 0 Å². The first-order valence-electron chi connectivity index (χ1n) is 3.89. The van der Waals surface area contributed by atoms with E-state index in [2.05, 4.69) is 15.6 Å². The van der Waals surface area contributed by atoms with Crippen molar-refractivity contribution in [2.24, 2.45) is 11.8 Å². The highest BCUT2D eigenvalue weighted by Gasteiger charge is 2.50. The molecule has 3 fully saturated rings. The molecular formula is C7H12N2O2. The van der Waals surface area contributed by atoms with E-state index in [9.17, 15) is 4.79 Å². The van der Waals surface area contributed by atoms with E-state index in [0.717, 1.165) is 13.0 Å². The van der Waals surface area contributed by atoms with Crippen LogP contribution in [0.3, 0.4) is 0 Å². The minimum Gasteiger partial charge on any atom is -0.313 e. The van der Waals surface area contributed by atoms with E-state index in [1.807, 2.05) is 0 Å². The average Bonchev–Trinajstić information content (AvgIpc) is 2.44. The van der Waals surface area contributed by atoms with Crippen molar-refractivity contribution in [3.63, 3.8) is 0 Å². The monoisotopic (exact) mass is 156 g/mol. The summed E-state index contributed by atoms with van der Waals surface area (Å²) in [5, 5.41) is 3.27. The zero-order valence-corrected chi connectivity index (χ0v) is 6.46. The Hall–Kier alpha value is -0.610. The zero-order valence-electron chi connectivity index (χ0n) is 6.46. The lowest BCUT2D eigenvalue weighted by Crippen LogP contribution is -2.47. The molecule has 0 spiro atoms. The number of nitrogens with one attached hydrogen (secondary N) is 2. The lowest BCUT2D eigenvalue weighted by Gasteiger charge is -2.32. The SMILES string of the molecule is CONC(=O)C1C2CNC1C2. The van der Waals surface area contributed by atoms with Crippen LogP contribution in [0.5, 0.6) is 0 Å². The molecule has 3 unspecified atom stereocenters. The Morgan fingerprint density at radius 1 is 1.73 bits per heavy atom. The van der Waals surface area contributed by atoms with Crippen molar-refractivity contribution in [1.82, 2.24) is 10.8 Å². The Bertz CT molecular complexity index is 169. The largest absolute Gasteiger partial charge is 0.313 e. The van der Waals surface area contributed by atoms with Gasteiger partial charge in [0.15, 0.2) is 0 Å². The highest BCUT2D eigenvalue weighted by atomic mass is 16.6. The van der Waals surface area contributed by atoms with Gasteiger partial charge < -0.3 is 5.32 Å². The predicted octanol–water partition coefficient (Wildman–Crippen LogP) is -0.728. The Kier molecular flexibility index (Phi) is 1.58. The lowest BCUT2D eigenvalue weighted by atomic mass is 9.73. The first-order valence-corrected chi connectivity index (χ1v) is 3.89. The van der Waals surface area contributed by atoms with Gasteiger partial charge in [-0.2, -0.15) is 0 Å². The summed E-state index contributed by atoms with van der Waals surface area (Å²) in [5.41, 5.74) is 2.37. The number of hydrogen-bond donors (Lipinski definition) is 2. The molecule has 62 valence electrons. The van der Waals surface area contributed by atoms with Crippen LogP contribution in [-0.4, -0.2) is 25.6 Å². The summed E-state index contributed by atoms with van der Waals surface area (Å²) < 4.78 is 0. The first-order chi connectivity index (χ1) is 5.33. The summed E-state index contributed by atoms with van der Waals surface area (Å²) in [6.07, 6.45) is 1.15. The molecule has 3 rings (SSSR count). The summed E-state index contributed by atoms with van der Waals surface area (Å²) in [5.74, 6) is 0.740. The minimum atomic E-state index is 0.0266. The van der Waals surface area contributed by atoms with Gasteiger partial charge in [0, 0.05) is 6.04 Å². The lowest BCUT2D eigenvalue weighted by molar-refractivity contribution is -0.140. The van der Waals surface area contributed by atoms with Gasteiger partial charge in [-0.1, -0.05) is 0 Å². The van der Waals surface area contributed by atoms with Crippen LogP contribution in [0.15, 0.2) is 0 Å². The maximum Gasteiger partial charge on any atom is 0.248 e. The molecule has 0 aromatic heterocycles. The molecule has 2 heterocycles. The van der Waals surface area contributed by atoms with Crippen LogP contribution in [0, 0.1) is 11.8 Å². The van der Waals surface area contributed by atoms with Crippen LogP contribution in [0.1, 0.15) is 6.42 Å². The number of hydroxylamine groups is 1. The molecule has 2 N–H and O–H groups in total. The minimum absolute atomic E-state index is 0.0266. The Balaban J connectivity index is 1.92. The molecule has 3 aliphatic rings. The van der Waals surface area contributed by atoms with Crippen molar-refractivity contribution in [3.8, 4) is 0 Å². The molecule has 4 nitrogen and oxygen atoms in total. The van der Waals surface area contributed by atoms with Crippen LogP contribution in [0.25, 0.3) is 0 Å². The molecule has 3 atom stereocenters. The maximum absolute atomic E-state index is 11.2. The van der Waals surface area contributed by atoms with E-state index in [0.29, 0.717) is 12.0 Å². The molecule has 4 heteroatoms. The molecule has 1 amide bonds. The van der Waals surface area contributed by atoms with E-state index < -0.39 is 0 Å². The van der Waals surface area contributed by atoms with Gasteiger partial charge in [-0.05, 0) is 18.9 Å². The second kappa shape index (κ2) is 2.46. The van der Waals surface area contributed by atoms with Crippen LogP contribution < -0.4 is 10.8 Å². The number of rotatable bonds is 2. The Labute approximate surface area is 65.2 Å². The van der Waals surface area contributed by atoms with Crippen LogP contribution in [0.2, 0.25) is 0 Å². The molecule has 2 saturated heterocycles. The quantitative estimate of drug-likeness (QED) is 0.518. The van der Waals surface area contributed by atoms with Gasteiger partial charge in [-0.3, -0.25) is 9.63 Å². The van der Waals surface area contributed by atoms with Gasteiger partial charge in [-0.15, -0.1) is 0 Å². The van der Waals surface area contributed by atoms with Crippen molar-refractivity contribution in [3.05, 3.63) is 0 Å². The van der Waals surface area contributed by atoms with E-state index in [-0.39, 0.29) is 11.8 Å². The Morgan fingerprint density at radius 2 is 2.55 bits per heavy atom. The van der Waals surface area contributed by atoms with Gasteiger partial charge in [0.1, 0.15) is 0 Å². The highest BCUT2D eigenvalue weighted by Crippen LogP contribution is 2.39. The molecule has 0 aromatic rings. The second-order valence-corrected chi connectivity index (χ2v) is 3.21. The van der Waals surface area contributed by atoms with Crippen molar-refractivity contribution in [2.75, 3.05) is 13.7 Å². The van der Waals surface area contributed by atoms with Crippen LogP contribution >= 0.6 is 0 Å². The standard InChI is InChI=1S/C7H12N2O2/c1-11-9-7(10)6-4-2-5(6)8-3-4/h4-6,8H,2-3H2,1H3,(H,9,10). The van der Waals surface area contributed by atoms with Crippen molar-refractivity contribution >= 4 is 5.91 Å². The van der Waals surface area contributed by atoms with Gasteiger partial charge in [0.2, 0.25) is 5.91 Å². The van der Waals surface area contributed by atoms with E-state index in [4.69, 9.17) is 0 Å². The van der Waals surface area contributed by atoms with Gasteiger partial charge in [0.05, 0.1) is 13.0 Å². The molecule has 1 saturated carbocycles. The molecule has 0 radical (unpaired) electrons. The third-order valence-electron chi connectivity index (χ3n) is 2.65. The molecule has 2 bridgehead atoms. The fraction of sp³-hybridized carbons (Fsp3) is 0.857. The second-order valence-electron chi connectivity index (χ2n) is 3.21. The van der Waals surface area contributed by atoms with E-state index >= 15 is 0 Å². The van der Waals surface area contributed by atoms with Crippen molar-refractivity contribution in [1.29, 1.82) is 0 Å². The molecule has 11 heavy (non-hydrogen) atoms. The van der Waals surface area contributed by atoms with Crippen LogP contribution in [0.4, 0.5) is 0 Å². The zero-order chi connectivity index (χ0) is 7.84. The first kappa shape index (κ1) is 7.06. The molecule has 2 aliphatic heterocycles. The molecule has 1 aliphatic carbocycles. The fourth-order valence-corrected chi connectivity index (χ4v) is 2.04. The summed E-state index contributed by atoms with van der Waals surface area (Å²) in [6.45, 7) is 0.993. The van der Waals surface area contributed by atoms with Gasteiger partial charge >= 0.3 is 0 Å². The Morgan fingerprint density at radius 3 is 3.00 bits per heavy atom. The third-order valence-corrected chi connectivity index (χ3v) is 2.65. The number of fused-ring (bicyclic) bond motifs is 1. The summed E-state index contributed by atoms with van der Waals surface area (Å²) in [4.78, 5) is 15.8. The van der Waals surface area contributed by atoms with Crippen molar-refractivity contribution in [2.45, 2.75) is 12.5 Å². The number of amides is 1. The number of carbonyl (C=O) groups excluding carboxylic acids is 1. The number of carbonyl (C=O) groups is 1. The van der Waals surface area contributed by atoms with E-state index in [1.165, 1.54) is 7.11 Å². The normalized spacial score (nSPS) is 39.9. The molecule has 0 aromatic carbocycles. The fourth-order valence-electron chi connectivity index (χ4n) is 2.04. The van der Waals surface area contributed by atoms with Crippen molar-refractivity contribution < 1.29 is 9.63 Å². The van der Waals surface area contributed by atoms with Crippen LogP contribution in [-0.2, 0) is 9.63 Å². The van der Waals surface area contributed by atoms with Gasteiger partial charge in [-0.25, -0.2) is 5.48 Å². The third kappa shape index (κ3) is 0.937. The topological polar surface area (TPSA) is 50.4 Å². The maximum atomic E-state index is 11.2. The predicted molar refractivity (Wildman–Crippen MR) is 38.5 cm³/mol. The number of hydrogen-bond acceptors (Lipinski definition) is 3. The molecular weight excluding hydrogens is 144 g/mol. The summed E-state index contributed by atoms with van der Waals surface area (Å²) in [7, 11) is 1.46. The average molecular weight is 156 g/mol. The van der Waals surface area contributed by atoms with E-state index in [1.54, 1.807) is 0 Å². The summed E-state index contributed by atoms with van der Waals surface area (Å²) in [6, 6.07) is 0.412. The smallest absolute Gasteiger partial charge is 0.248 e. The summed E-state index contributed by atoms with van der Waals surface area (Å²) >= 11 is 0. The highest BCUT2D eigenvalue weighted by molar-refractivity contribution is 5.80.